The van der Waals surface area contributed by atoms with Crippen LogP contribution in [0.4, 0.5) is 17.1 Å². The number of para-hydroxylation sites is 1. The summed E-state index contributed by atoms with van der Waals surface area (Å²) in [6.45, 7) is 1.81. The Bertz CT molecular complexity index is 1430. The van der Waals surface area contributed by atoms with Crippen molar-refractivity contribution >= 4 is 64.0 Å². The van der Waals surface area contributed by atoms with E-state index in [4.69, 9.17) is 23.2 Å². The van der Waals surface area contributed by atoms with Crippen LogP contribution in [0.25, 0.3) is 0 Å². The number of carbonyl (C=O) groups is 4. The highest BCUT2D eigenvalue weighted by atomic mass is 35.5. The third-order valence-electron chi connectivity index (χ3n) is 5.46. The number of rotatable bonds is 7. The van der Waals surface area contributed by atoms with E-state index in [-0.39, 0.29) is 34.3 Å². The molecule has 0 bridgehead atoms. The zero-order valence-electron chi connectivity index (χ0n) is 18.8. The molecule has 1 aliphatic heterocycles. The number of hydrogen-bond acceptors (Lipinski definition) is 5. The van der Waals surface area contributed by atoms with Crippen LogP contribution in [0.3, 0.4) is 0 Å². The van der Waals surface area contributed by atoms with Crippen molar-refractivity contribution in [2.75, 3.05) is 15.5 Å². The first kappa shape index (κ1) is 25.0. The Morgan fingerprint density at radius 3 is 2.31 bits per heavy atom. The number of carboxylic acids is 1. The molecule has 0 saturated carbocycles. The molecule has 0 aliphatic carbocycles. The number of amides is 3. The van der Waals surface area contributed by atoms with Crippen molar-refractivity contribution in [3.63, 3.8) is 0 Å². The number of halogens is 2. The molecule has 1 aliphatic rings. The summed E-state index contributed by atoms with van der Waals surface area (Å²) < 4.78 is 0. The summed E-state index contributed by atoms with van der Waals surface area (Å²) in [5, 5.41) is 14.9. The molecule has 8 nitrogen and oxygen atoms in total. The number of aryl methyl sites for hydroxylation is 1. The van der Waals surface area contributed by atoms with Crippen LogP contribution >= 0.6 is 23.2 Å². The number of hydrogen-bond donors (Lipinski definition) is 3. The maximum Gasteiger partial charge on any atom is 0.337 e. The number of nitrogens with zero attached hydrogens (tertiary/aromatic N) is 1. The van der Waals surface area contributed by atoms with Crippen LogP contribution in [0, 0.1) is 6.92 Å². The van der Waals surface area contributed by atoms with Gasteiger partial charge in [-0.1, -0.05) is 53.5 Å². The van der Waals surface area contributed by atoms with Crippen LogP contribution in [0.15, 0.2) is 77.5 Å². The molecule has 182 valence electrons. The standard InChI is InChI=1S/C26H19Cl2N3O5/c1-14-6-11-17(13-19(14)27)31-24(33)22(28)23(25(31)34)29-16-9-7-15(8-10-16)12-21(32)30-20-5-3-2-4-18(20)26(35)36/h2-11,13,29H,12H2,1H3,(H,30,32)(H,35,36). The molecule has 3 aromatic carbocycles. The highest BCUT2D eigenvalue weighted by Crippen LogP contribution is 2.32. The third-order valence-corrected chi connectivity index (χ3v) is 6.22. The van der Waals surface area contributed by atoms with Crippen LogP contribution < -0.4 is 15.5 Å². The van der Waals surface area contributed by atoms with E-state index in [0.717, 1.165) is 10.5 Å². The fourth-order valence-electron chi connectivity index (χ4n) is 3.58. The summed E-state index contributed by atoms with van der Waals surface area (Å²) in [5.41, 5.74) is 2.36. The van der Waals surface area contributed by atoms with Gasteiger partial charge >= 0.3 is 5.97 Å². The minimum atomic E-state index is -1.14. The number of nitrogens with one attached hydrogen (secondary N) is 2. The molecule has 0 radical (unpaired) electrons. The van der Waals surface area contributed by atoms with Crippen LogP contribution in [0.5, 0.6) is 0 Å². The molecule has 0 spiro atoms. The van der Waals surface area contributed by atoms with Crippen molar-refractivity contribution in [3.05, 3.63) is 99.2 Å². The Morgan fingerprint density at radius 2 is 1.64 bits per heavy atom. The van der Waals surface area contributed by atoms with Gasteiger partial charge in [0.15, 0.2) is 0 Å². The number of anilines is 3. The van der Waals surface area contributed by atoms with Crippen molar-refractivity contribution in [2.24, 2.45) is 0 Å². The molecular weight excluding hydrogens is 505 g/mol. The van der Waals surface area contributed by atoms with E-state index in [2.05, 4.69) is 10.6 Å². The zero-order chi connectivity index (χ0) is 26.0. The number of imide groups is 1. The lowest BCUT2D eigenvalue weighted by Gasteiger charge is -2.16. The second-order valence-electron chi connectivity index (χ2n) is 7.97. The van der Waals surface area contributed by atoms with Gasteiger partial charge in [-0.25, -0.2) is 9.69 Å². The van der Waals surface area contributed by atoms with Gasteiger partial charge in [-0.2, -0.15) is 0 Å². The Hall–Kier alpha value is -4.14. The van der Waals surface area contributed by atoms with E-state index < -0.39 is 17.8 Å². The quantitative estimate of drug-likeness (QED) is 0.376. The van der Waals surface area contributed by atoms with Gasteiger partial charge < -0.3 is 15.7 Å². The monoisotopic (exact) mass is 523 g/mol. The smallest absolute Gasteiger partial charge is 0.337 e. The van der Waals surface area contributed by atoms with Crippen molar-refractivity contribution in [2.45, 2.75) is 13.3 Å². The molecule has 0 saturated heterocycles. The third kappa shape index (κ3) is 5.10. The Morgan fingerprint density at radius 1 is 0.944 bits per heavy atom. The summed E-state index contributed by atoms with van der Waals surface area (Å²) in [4.78, 5) is 50.3. The van der Waals surface area contributed by atoms with Crippen LogP contribution in [-0.2, 0) is 20.8 Å². The SMILES string of the molecule is Cc1ccc(N2C(=O)C(Cl)=C(Nc3ccc(CC(=O)Nc4ccccc4C(=O)O)cc3)C2=O)cc1Cl. The minimum Gasteiger partial charge on any atom is -0.478 e. The van der Waals surface area contributed by atoms with Gasteiger partial charge in [-0.15, -0.1) is 0 Å². The minimum absolute atomic E-state index is 0.00291. The van der Waals surface area contributed by atoms with E-state index in [1.807, 2.05) is 0 Å². The van der Waals surface area contributed by atoms with Crippen molar-refractivity contribution in [3.8, 4) is 0 Å². The van der Waals surface area contributed by atoms with Crippen LogP contribution in [0.2, 0.25) is 5.02 Å². The number of carbonyl (C=O) groups excluding carboxylic acids is 3. The Labute approximate surface area is 216 Å². The van der Waals surface area contributed by atoms with Crippen LogP contribution in [0.1, 0.15) is 21.5 Å². The molecule has 0 atom stereocenters. The molecule has 0 unspecified atom stereocenters. The molecule has 10 heteroatoms. The number of aromatic carboxylic acids is 1. The van der Waals surface area contributed by atoms with Gasteiger partial charge in [0, 0.05) is 10.7 Å². The van der Waals surface area contributed by atoms with E-state index in [1.165, 1.54) is 18.2 Å². The van der Waals surface area contributed by atoms with Gasteiger partial charge in [0.2, 0.25) is 5.91 Å². The highest BCUT2D eigenvalue weighted by Gasteiger charge is 2.39. The lowest BCUT2D eigenvalue weighted by molar-refractivity contribution is -0.120. The maximum atomic E-state index is 13.0. The average Bonchev–Trinajstić information content (AvgIpc) is 3.05. The second-order valence-corrected chi connectivity index (χ2v) is 8.75. The number of benzene rings is 3. The summed E-state index contributed by atoms with van der Waals surface area (Å²) >= 11 is 12.3. The average molecular weight is 524 g/mol. The van der Waals surface area contributed by atoms with Gasteiger partial charge in [0.05, 0.1) is 23.4 Å². The molecule has 1 heterocycles. The molecule has 0 fully saturated rings. The molecule has 0 aromatic heterocycles. The molecular formula is C26H19Cl2N3O5. The van der Waals surface area contributed by atoms with Gasteiger partial charge in [0.25, 0.3) is 11.8 Å². The fraction of sp³-hybridized carbons (Fsp3) is 0.0769. The van der Waals surface area contributed by atoms with E-state index in [1.54, 1.807) is 55.5 Å². The topological polar surface area (TPSA) is 116 Å². The first-order valence-electron chi connectivity index (χ1n) is 10.7. The molecule has 3 N–H and O–H groups in total. The maximum absolute atomic E-state index is 13.0. The summed E-state index contributed by atoms with van der Waals surface area (Å²) in [6, 6.07) is 17.6. The fourth-order valence-corrected chi connectivity index (χ4v) is 3.96. The first-order chi connectivity index (χ1) is 17.2. The van der Waals surface area contributed by atoms with Crippen LogP contribution in [-0.4, -0.2) is 28.8 Å². The largest absolute Gasteiger partial charge is 0.478 e. The predicted octanol–water partition coefficient (Wildman–Crippen LogP) is 4.96. The summed E-state index contributed by atoms with van der Waals surface area (Å²) in [5.74, 6) is -2.82. The van der Waals surface area contributed by atoms with Crippen molar-refractivity contribution < 1.29 is 24.3 Å². The van der Waals surface area contributed by atoms with E-state index in [0.29, 0.717) is 22.0 Å². The molecule has 3 amide bonds. The number of carboxylic acid groups (broad SMARTS) is 1. The van der Waals surface area contributed by atoms with E-state index in [9.17, 15) is 24.3 Å². The van der Waals surface area contributed by atoms with Gasteiger partial charge in [0.1, 0.15) is 10.7 Å². The normalized spacial score (nSPS) is 13.2. The highest BCUT2D eigenvalue weighted by molar-refractivity contribution is 6.53. The molecule has 4 rings (SSSR count). The lowest BCUT2D eigenvalue weighted by Crippen LogP contribution is -2.32. The van der Waals surface area contributed by atoms with Gasteiger partial charge in [-0.3, -0.25) is 14.4 Å². The van der Waals surface area contributed by atoms with Crippen molar-refractivity contribution in [1.29, 1.82) is 0 Å². The predicted molar refractivity (Wildman–Crippen MR) is 137 cm³/mol. The summed E-state index contributed by atoms with van der Waals surface area (Å²) in [6.07, 6.45) is -0.00291. The zero-order valence-corrected chi connectivity index (χ0v) is 20.4. The molecule has 36 heavy (non-hydrogen) atoms. The first-order valence-corrected chi connectivity index (χ1v) is 11.4. The second kappa shape index (κ2) is 10.2. The Kier molecular flexibility index (Phi) is 7.10. The van der Waals surface area contributed by atoms with Gasteiger partial charge in [-0.05, 0) is 54.4 Å². The van der Waals surface area contributed by atoms with E-state index >= 15 is 0 Å². The van der Waals surface area contributed by atoms with Crippen molar-refractivity contribution in [1.82, 2.24) is 0 Å². The summed E-state index contributed by atoms with van der Waals surface area (Å²) in [7, 11) is 0. The lowest BCUT2D eigenvalue weighted by atomic mass is 10.1. The molecule has 3 aromatic rings. The Balaban J connectivity index is 1.44.